The Morgan fingerprint density at radius 3 is 2.69 bits per heavy atom. The number of ether oxygens (including phenoxy) is 2. The van der Waals surface area contributed by atoms with Gasteiger partial charge < -0.3 is 14.4 Å². The summed E-state index contributed by atoms with van der Waals surface area (Å²) >= 11 is 0. The van der Waals surface area contributed by atoms with Crippen molar-refractivity contribution in [3.63, 3.8) is 0 Å². The van der Waals surface area contributed by atoms with Gasteiger partial charge in [-0.3, -0.25) is 4.79 Å². The van der Waals surface area contributed by atoms with Gasteiger partial charge in [0.15, 0.2) is 0 Å². The molecule has 142 valence electrons. The molecule has 1 amide bonds. The van der Waals surface area contributed by atoms with Gasteiger partial charge in [0.05, 0.1) is 7.11 Å². The zero-order chi connectivity index (χ0) is 18.4. The highest BCUT2D eigenvalue weighted by atomic mass is 16.6. The Bertz CT molecular complexity index is 616. The van der Waals surface area contributed by atoms with E-state index < -0.39 is 0 Å². The zero-order valence-electron chi connectivity index (χ0n) is 15.6. The Kier molecular flexibility index (Phi) is 6.17. The molecular weight excluding hydrogens is 330 g/mol. The molecule has 1 aromatic rings. The van der Waals surface area contributed by atoms with Gasteiger partial charge in [0.2, 0.25) is 0 Å². The van der Waals surface area contributed by atoms with Crippen molar-refractivity contribution in [2.75, 3.05) is 13.7 Å². The molecule has 0 radical (unpaired) electrons. The first-order valence-corrected chi connectivity index (χ1v) is 9.71. The second kappa shape index (κ2) is 8.56. The normalized spacial score (nSPS) is 25.3. The van der Waals surface area contributed by atoms with E-state index in [4.69, 9.17) is 9.47 Å². The smallest absolute Gasteiger partial charge is 0.410 e. The van der Waals surface area contributed by atoms with E-state index in [2.05, 4.69) is 0 Å². The van der Waals surface area contributed by atoms with Crippen molar-refractivity contribution in [1.29, 1.82) is 0 Å². The molecule has 0 unspecified atom stereocenters. The Labute approximate surface area is 155 Å². The van der Waals surface area contributed by atoms with Gasteiger partial charge in [-0.25, -0.2) is 4.79 Å². The Morgan fingerprint density at radius 2 is 1.92 bits per heavy atom. The fourth-order valence-electron chi connectivity index (χ4n) is 4.74. The van der Waals surface area contributed by atoms with Crippen LogP contribution in [0.2, 0.25) is 0 Å². The van der Waals surface area contributed by atoms with Crippen LogP contribution < -0.4 is 0 Å². The number of likely N-dealkylation sites (tertiary alicyclic amines) is 1. The number of hydrogen-bond donors (Lipinski definition) is 0. The highest BCUT2D eigenvalue weighted by molar-refractivity contribution is 5.71. The molecule has 5 nitrogen and oxygen atoms in total. The lowest BCUT2D eigenvalue weighted by molar-refractivity contribution is -0.142. The first-order chi connectivity index (χ1) is 12.7. The Morgan fingerprint density at radius 1 is 1.15 bits per heavy atom. The number of rotatable bonds is 5. The number of nitrogens with zero attached hydrogens (tertiary/aromatic N) is 1. The molecule has 1 aromatic carbocycles. The molecule has 2 aliphatic rings. The number of carbonyl (C=O) groups is 2. The van der Waals surface area contributed by atoms with Crippen LogP contribution in [0.15, 0.2) is 30.3 Å². The number of amides is 1. The third kappa shape index (κ3) is 4.02. The van der Waals surface area contributed by atoms with Crippen LogP contribution in [0.3, 0.4) is 0 Å². The lowest BCUT2D eigenvalue weighted by Crippen LogP contribution is -2.60. The van der Waals surface area contributed by atoms with E-state index >= 15 is 0 Å². The molecule has 0 bridgehead atoms. The predicted octanol–water partition coefficient (Wildman–Crippen LogP) is 4.30. The summed E-state index contributed by atoms with van der Waals surface area (Å²) in [4.78, 5) is 26.6. The Hall–Kier alpha value is -2.04. The van der Waals surface area contributed by atoms with E-state index in [9.17, 15) is 9.59 Å². The average Bonchev–Trinajstić information content (AvgIpc) is 2.70. The van der Waals surface area contributed by atoms with E-state index in [0.29, 0.717) is 25.3 Å². The van der Waals surface area contributed by atoms with Crippen molar-refractivity contribution in [3.8, 4) is 0 Å². The molecule has 1 aliphatic heterocycles. The second-order valence-electron chi connectivity index (χ2n) is 7.46. The summed E-state index contributed by atoms with van der Waals surface area (Å²) in [6.45, 7) is 0.999. The maximum atomic E-state index is 12.9. The molecule has 0 N–H and O–H groups in total. The number of fused-ring (bicyclic) bond motifs is 1. The SMILES string of the molecule is COC(=O)CC[C@]12CCCC[C@H]1CCCN2C(=O)OCc1ccccc1. The van der Waals surface area contributed by atoms with Crippen LogP contribution in [0.1, 0.15) is 56.9 Å². The molecule has 1 saturated heterocycles. The predicted molar refractivity (Wildman–Crippen MR) is 98.5 cm³/mol. The largest absolute Gasteiger partial charge is 0.469 e. The minimum Gasteiger partial charge on any atom is -0.469 e. The van der Waals surface area contributed by atoms with Crippen molar-refractivity contribution in [2.24, 2.45) is 5.92 Å². The van der Waals surface area contributed by atoms with Crippen molar-refractivity contribution in [1.82, 2.24) is 4.90 Å². The van der Waals surface area contributed by atoms with Crippen LogP contribution in [-0.2, 0) is 20.9 Å². The lowest BCUT2D eigenvalue weighted by Gasteiger charge is -2.54. The third-order valence-corrected chi connectivity index (χ3v) is 6.06. The Balaban J connectivity index is 1.73. The van der Waals surface area contributed by atoms with Gasteiger partial charge in [-0.1, -0.05) is 43.2 Å². The summed E-state index contributed by atoms with van der Waals surface area (Å²) in [5, 5.41) is 0. The highest BCUT2D eigenvalue weighted by Crippen LogP contribution is 2.47. The van der Waals surface area contributed by atoms with Crippen LogP contribution in [0, 0.1) is 5.92 Å². The van der Waals surface area contributed by atoms with E-state index in [1.54, 1.807) is 0 Å². The van der Waals surface area contributed by atoms with Crippen LogP contribution in [0.4, 0.5) is 4.79 Å². The maximum Gasteiger partial charge on any atom is 0.410 e. The molecule has 0 aromatic heterocycles. The van der Waals surface area contributed by atoms with Crippen molar-refractivity contribution >= 4 is 12.1 Å². The topological polar surface area (TPSA) is 55.8 Å². The van der Waals surface area contributed by atoms with Crippen molar-refractivity contribution < 1.29 is 19.1 Å². The molecule has 1 heterocycles. The summed E-state index contributed by atoms with van der Waals surface area (Å²) in [6.07, 6.45) is 7.30. The van der Waals surface area contributed by atoms with Crippen LogP contribution in [-0.4, -0.2) is 36.2 Å². The van der Waals surface area contributed by atoms with E-state index in [0.717, 1.165) is 37.7 Å². The van der Waals surface area contributed by atoms with E-state index in [-0.39, 0.29) is 24.2 Å². The van der Waals surface area contributed by atoms with Crippen LogP contribution in [0.25, 0.3) is 0 Å². The number of hydrogen-bond acceptors (Lipinski definition) is 4. The second-order valence-corrected chi connectivity index (χ2v) is 7.46. The molecule has 3 rings (SSSR count). The molecule has 26 heavy (non-hydrogen) atoms. The monoisotopic (exact) mass is 359 g/mol. The van der Waals surface area contributed by atoms with Crippen LogP contribution in [0.5, 0.6) is 0 Å². The number of benzene rings is 1. The summed E-state index contributed by atoms with van der Waals surface area (Å²) in [6, 6.07) is 9.75. The average molecular weight is 359 g/mol. The number of esters is 1. The minimum absolute atomic E-state index is 0.202. The maximum absolute atomic E-state index is 12.9. The molecule has 2 fully saturated rings. The van der Waals surface area contributed by atoms with Gasteiger partial charge in [-0.15, -0.1) is 0 Å². The number of methoxy groups -OCH3 is 1. The van der Waals surface area contributed by atoms with Gasteiger partial charge in [0.1, 0.15) is 6.61 Å². The minimum atomic E-state index is -0.252. The summed E-state index contributed by atoms with van der Waals surface area (Å²) in [5.41, 5.74) is 0.736. The fourth-order valence-corrected chi connectivity index (χ4v) is 4.74. The quantitative estimate of drug-likeness (QED) is 0.736. The molecule has 0 spiro atoms. The number of carbonyl (C=O) groups excluding carboxylic acids is 2. The van der Waals surface area contributed by atoms with E-state index in [1.807, 2.05) is 35.2 Å². The molecule has 5 heteroatoms. The van der Waals surface area contributed by atoms with Gasteiger partial charge in [0, 0.05) is 18.5 Å². The summed E-state index contributed by atoms with van der Waals surface area (Å²) in [5.74, 6) is 0.255. The van der Waals surface area contributed by atoms with Gasteiger partial charge >= 0.3 is 12.1 Å². The molecular formula is C21H29NO4. The third-order valence-electron chi connectivity index (χ3n) is 6.06. The van der Waals surface area contributed by atoms with Gasteiger partial charge in [-0.05, 0) is 43.6 Å². The first kappa shape index (κ1) is 18.7. The summed E-state index contributed by atoms with van der Waals surface area (Å²) < 4.78 is 10.5. The van der Waals surface area contributed by atoms with Crippen molar-refractivity contribution in [3.05, 3.63) is 35.9 Å². The van der Waals surface area contributed by atoms with Gasteiger partial charge in [-0.2, -0.15) is 0 Å². The van der Waals surface area contributed by atoms with Crippen LogP contribution >= 0.6 is 0 Å². The fraction of sp³-hybridized carbons (Fsp3) is 0.619. The standard InChI is InChI=1S/C21H29NO4/c1-25-19(23)12-14-21-13-6-5-10-18(21)11-7-15-22(21)20(24)26-16-17-8-3-2-4-9-17/h2-4,8-9,18H,5-7,10-16H2,1H3/t18-,21+/m0/s1. The van der Waals surface area contributed by atoms with E-state index in [1.165, 1.54) is 13.5 Å². The zero-order valence-corrected chi connectivity index (χ0v) is 15.6. The van der Waals surface area contributed by atoms with Crippen molar-refractivity contribution in [2.45, 2.75) is 63.5 Å². The first-order valence-electron chi connectivity index (χ1n) is 9.71. The molecule has 2 atom stereocenters. The number of piperidine rings is 1. The summed E-state index contributed by atoms with van der Waals surface area (Å²) in [7, 11) is 1.42. The highest BCUT2D eigenvalue weighted by Gasteiger charge is 2.49. The van der Waals surface area contributed by atoms with Gasteiger partial charge in [0.25, 0.3) is 0 Å². The molecule has 1 aliphatic carbocycles. The molecule has 1 saturated carbocycles. The lowest BCUT2D eigenvalue weighted by atomic mass is 9.65.